The fourth-order valence-electron chi connectivity index (χ4n) is 2.41. The number of nitrogens with zero attached hydrogens (tertiary/aromatic N) is 2. The quantitative estimate of drug-likeness (QED) is 0.900. The molecule has 1 N–H and O–H groups in total. The van der Waals surface area contributed by atoms with E-state index in [-0.39, 0.29) is 5.91 Å². The van der Waals surface area contributed by atoms with Crippen LogP contribution in [0.15, 0.2) is 35.3 Å². The minimum Gasteiger partial charge on any atom is -0.493 e. The first-order valence-electron chi connectivity index (χ1n) is 6.89. The number of nitrogens with one attached hydrogen (secondary N) is 1. The number of hydrogen-bond donors (Lipinski definition) is 1. The fraction of sp³-hybridized carbons (Fsp3) is 0.333. The summed E-state index contributed by atoms with van der Waals surface area (Å²) in [5, 5.41) is 2.94. The Morgan fingerprint density at radius 2 is 2.38 bits per heavy atom. The van der Waals surface area contributed by atoms with E-state index >= 15 is 0 Å². The molecule has 5 nitrogen and oxygen atoms in total. The summed E-state index contributed by atoms with van der Waals surface area (Å²) in [4.78, 5) is 15.9. The van der Waals surface area contributed by atoms with Crippen molar-refractivity contribution in [1.29, 1.82) is 0 Å². The second-order valence-electron chi connectivity index (χ2n) is 4.98. The predicted molar refractivity (Wildman–Crippen MR) is 82.0 cm³/mol. The Hall–Kier alpha value is -1.82. The number of aryl methyl sites for hydroxylation is 1. The third-order valence-corrected chi connectivity index (χ3v) is 3.92. The first-order chi connectivity index (χ1) is 10.2. The molecule has 0 spiro atoms. The molecule has 1 aromatic heterocycles. The summed E-state index contributed by atoms with van der Waals surface area (Å²) in [6.07, 6.45) is 6.63. The van der Waals surface area contributed by atoms with Gasteiger partial charge in [-0.3, -0.25) is 4.79 Å². The van der Waals surface area contributed by atoms with Crippen LogP contribution in [0, 0.1) is 0 Å². The minimum atomic E-state index is 0.0235. The van der Waals surface area contributed by atoms with E-state index < -0.39 is 0 Å². The van der Waals surface area contributed by atoms with Gasteiger partial charge in [0.25, 0.3) is 0 Å². The van der Waals surface area contributed by atoms with E-state index in [9.17, 15) is 4.79 Å². The molecule has 0 fully saturated rings. The normalized spacial score (nSPS) is 12.8. The van der Waals surface area contributed by atoms with Crippen molar-refractivity contribution in [1.82, 2.24) is 14.9 Å². The topological polar surface area (TPSA) is 56.2 Å². The van der Waals surface area contributed by atoms with Crippen LogP contribution < -0.4 is 10.1 Å². The molecule has 21 heavy (non-hydrogen) atoms. The average Bonchev–Trinajstić information content (AvgIpc) is 3.13. The van der Waals surface area contributed by atoms with Gasteiger partial charge in [0.05, 0.1) is 12.9 Å². The van der Waals surface area contributed by atoms with E-state index in [1.165, 1.54) is 5.56 Å². The zero-order chi connectivity index (χ0) is 14.7. The van der Waals surface area contributed by atoms with Crippen LogP contribution >= 0.6 is 15.9 Å². The lowest BCUT2D eigenvalue weighted by Crippen LogP contribution is -2.24. The SMILES string of the molecule is O=C(CCn1ccnc1)NCc1cc(Br)cc2c1OCC2. The van der Waals surface area contributed by atoms with Crippen LogP contribution in [0.5, 0.6) is 5.75 Å². The van der Waals surface area contributed by atoms with Gasteiger partial charge in [-0.05, 0) is 17.7 Å². The number of aromatic nitrogens is 2. The Kier molecular flexibility index (Phi) is 4.24. The molecule has 1 aliphatic rings. The van der Waals surface area contributed by atoms with E-state index in [0.29, 0.717) is 26.1 Å². The molecule has 110 valence electrons. The predicted octanol–water partition coefficient (Wildman–Crippen LogP) is 2.29. The van der Waals surface area contributed by atoms with Crippen LogP contribution in [-0.4, -0.2) is 22.1 Å². The smallest absolute Gasteiger partial charge is 0.222 e. The number of amides is 1. The summed E-state index contributed by atoms with van der Waals surface area (Å²) in [6, 6.07) is 4.08. The molecule has 2 heterocycles. The van der Waals surface area contributed by atoms with Crippen molar-refractivity contribution in [3.05, 3.63) is 46.5 Å². The zero-order valence-corrected chi connectivity index (χ0v) is 13.1. The van der Waals surface area contributed by atoms with Crippen LogP contribution in [-0.2, 0) is 24.3 Å². The van der Waals surface area contributed by atoms with Crippen LogP contribution in [0.25, 0.3) is 0 Å². The number of fused-ring (bicyclic) bond motifs is 1. The van der Waals surface area contributed by atoms with Crippen LogP contribution in [0.3, 0.4) is 0 Å². The van der Waals surface area contributed by atoms with Crippen molar-refractivity contribution in [3.63, 3.8) is 0 Å². The number of ether oxygens (including phenoxy) is 1. The highest BCUT2D eigenvalue weighted by molar-refractivity contribution is 9.10. The van der Waals surface area contributed by atoms with Crippen molar-refractivity contribution in [3.8, 4) is 5.75 Å². The standard InChI is InChI=1S/C15H16BrN3O2/c16-13-7-11-2-6-21-15(11)12(8-13)9-18-14(20)1-4-19-5-3-17-10-19/h3,5,7-8,10H,1-2,4,6,9H2,(H,18,20). The van der Waals surface area contributed by atoms with Crippen LogP contribution in [0.2, 0.25) is 0 Å². The van der Waals surface area contributed by atoms with Gasteiger partial charge in [-0.25, -0.2) is 4.98 Å². The lowest BCUT2D eigenvalue weighted by Gasteiger charge is -2.10. The largest absolute Gasteiger partial charge is 0.493 e. The van der Waals surface area contributed by atoms with Crippen LogP contribution in [0.1, 0.15) is 17.5 Å². The molecule has 2 aromatic rings. The molecule has 3 rings (SSSR count). The molecule has 6 heteroatoms. The number of carbonyl (C=O) groups excluding carboxylic acids is 1. The van der Waals surface area contributed by atoms with Gasteiger partial charge >= 0.3 is 0 Å². The number of imidazole rings is 1. The molecular weight excluding hydrogens is 334 g/mol. The molecule has 0 bridgehead atoms. The highest BCUT2D eigenvalue weighted by Crippen LogP contribution is 2.32. The number of hydrogen-bond acceptors (Lipinski definition) is 3. The van der Waals surface area contributed by atoms with E-state index in [4.69, 9.17) is 4.74 Å². The highest BCUT2D eigenvalue weighted by atomic mass is 79.9. The maximum atomic E-state index is 11.9. The van der Waals surface area contributed by atoms with Crippen LogP contribution in [0.4, 0.5) is 0 Å². The van der Waals surface area contributed by atoms with Crippen molar-refractivity contribution < 1.29 is 9.53 Å². The van der Waals surface area contributed by atoms with E-state index in [1.54, 1.807) is 12.5 Å². The van der Waals surface area contributed by atoms with Crippen molar-refractivity contribution in [2.24, 2.45) is 0 Å². The van der Waals surface area contributed by atoms with Crippen molar-refractivity contribution in [2.75, 3.05) is 6.61 Å². The van der Waals surface area contributed by atoms with Crippen molar-refractivity contribution in [2.45, 2.75) is 25.9 Å². The molecule has 1 aliphatic heterocycles. The Bertz CT molecular complexity index is 641. The summed E-state index contributed by atoms with van der Waals surface area (Å²) < 4.78 is 8.56. The van der Waals surface area contributed by atoms with E-state index in [2.05, 4.69) is 32.3 Å². The van der Waals surface area contributed by atoms with Gasteiger partial charge in [-0.1, -0.05) is 15.9 Å². The molecule has 0 saturated carbocycles. The van der Waals surface area contributed by atoms with Gasteiger partial charge in [-0.15, -0.1) is 0 Å². The Morgan fingerprint density at radius 1 is 1.48 bits per heavy atom. The summed E-state index contributed by atoms with van der Waals surface area (Å²) in [5.41, 5.74) is 2.22. The highest BCUT2D eigenvalue weighted by Gasteiger charge is 2.17. The molecule has 1 aromatic carbocycles. The third kappa shape index (κ3) is 3.44. The first kappa shape index (κ1) is 14.1. The van der Waals surface area contributed by atoms with Gasteiger partial charge in [0, 0.05) is 48.4 Å². The van der Waals surface area contributed by atoms with Gasteiger partial charge in [0.2, 0.25) is 5.91 Å². The Morgan fingerprint density at radius 3 is 3.19 bits per heavy atom. The molecule has 0 radical (unpaired) electrons. The average molecular weight is 350 g/mol. The second kappa shape index (κ2) is 6.30. The number of benzene rings is 1. The van der Waals surface area contributed by atoms with Gasteiger partial charge < -0.3 is 14.6 Å². The summed E-state index contributed by atoms with van der Waals surface area (Å²) in [7, 11) is 0. The third-order valence-electron chi connectivity index (χ3n) is 3.46. The molecule has 0 aliphatic carbocycles. The lowest BCUT2D eigenvalue weighted by atomic mass is 10.1. The molecule has 0 atom stereocenters. The fourth-order valence-corrected chi connectivity index (χ4v) is 2.96. The van der Waals surface area contributed by atoms with E-state index in [0.717, 1.165) is 22.2 Å². The monoisotopic (exact) mass is 349 g/mol. The number of rotatable bonds is 5. The first-order valence-corrected chi connectivity index (χ1v) is 7.68. The Labute approximate surface area is 131 Å². The summed E-state index contributed by atoms with van der Waals surface area (Å²) in [5.74, 6) is 0.948. The van der Waals surface area contributed by atoms with E-state index in [1.807, 2.05) is 16.8 Å². The summed E-state index contributed by atoms with van der Waals surface area (Å²) in [6.45, 7) is 1.84. The second-order valence-corrected chi connectivity index (χ2v) is 5.89. The Balaban J connectivity index is 1.56. The molecule has 0 unspecified atom stereocenters. The summed E-state index contributed by atoms with van der Waals surface area (Å²) >= 11 is 3.50. The van der Waals surface area contributed by atoms with Gasteiger partial charge in [0.1, 0.15) is 5.75 Å². The maximum absolute atomic E-state index is 11.9. The van der Waals surface area contributed by atoms with Crippen molar-refractivity contribution >= 4 is 21.8 Å². The molecule has 1 amide bonds. The zero-order valence-electron chi connectivity index (χ0n) is 11.5. The molecular formula is C15H16BrN3O2. The minimum absolute atomic E-state index is 0.0235. The maximum Gasteiger partial charge on any atom is 0.222 e. The van der Waals surface area contributed by atoms with Gasteiger partial charge in [-0.2, -0.15) is 0 Å². The number of carbonyl (C=O) groups is 1. The molecule has 0 saturated heterocycles. The lowest BCUT2D eigenvalue weighted by molar-refractivity contribution is -0.121. The van der Waals surface area contributed by atoms with Gasteiger partial charge in [0.15, 0.2) is 0 Å². The number of halogens is 1.